The molecule has 1 amide bonds. The van der Waals surface area contributed by atoms with E-state index in [-0.39, 0.29) is 5.91 Å². The maximum Gasteiger partial charge on any atom is 0.223 e. The van der Waals surface area contributed by atoms with E-state index in [0.29, 0.717) is 11.5 Å². The Kier molecular flexibility index (Phi) is 4.40. The summed E-state index contributed by atoms with van der Waals surface area (Å²) in [5.74, 6) is 0.364. The van der Waals surface area contributed by atoms with Crippen LogP contribution in [0.25, 0.3) is 28.3 Å². The summed E-state index contributed by atoms with van der Waals surface area (Å²) in [4.78, 5) is 17.0. The number of hydrogen-bond donors (Lipinski definition) is 1. The maximum absolute atomic E-state index is 11.3. The van der Waals surface area contributed by atoms with E-state index >= 15 is 0 Å². The van der Waals surface area contributed by atoms with Crippen LogP contribution in [0.2, 0.25) is 0 Å². The first-order chi connectivity index (χ1) is 13.2. The molecule has 2 heterocycles. The average molecular weight is 356 g/mol. The van der Waals surface area contributed by atoms with Crippen molar-refractivity contribution in [3.05, 3.63) is 72.9 Å². The van der Waals surface area contributed by atoms with Crippen LogP contribution in [0, 0.1) is 0 Å². The van der Waals surface area contributed by atoms with Crippen molar-refractivity contribution < 1.29 is 4.79 Å². The molecule has 0 atom stereocenters. The standard InChI is InChI=1S/C20H16N6O/c1-14(27)22-17-8-4-6-15(12-17)16-7-5-9-18(13-16)26-24-20(23-25-26)19-10-2-3-11-21-19/h2-13H,1H3,(H,22,27). The number of amides is 1. The van der Waals surface area contributed by atoms with Crippen molar-refractivity contribution in [3.63, 3.8) is 0 Å². The summed E-state index contributed by atoms with van der Waals surface area (Å²) >= 11 is 0. The number of anilines is 1. The zero-order chi connectivity index (χ0) is 18.6. The number of aromatic nitrogens is 5. The van der Waals surface area contributed by atoms with Gasteiger partial charge in [0.1, 0.15) is 5.69 Å². The number of pyridine rings is 1. The molecule has 0 aliphatic heterocycles. The van der Waals surface area contributed by atoms with Crippen LogP contribution in [-0.2, 0) is 4.79 Å². The van der Waals surface area contributed by atoms with Gasteiger partial charge in [-0.2, -0.15) is 0 Å². The van der Waals surface area contributed by atoms with Crippen LogP contribution < -0.4 is 5.32 Å². The number of hydrogen-bond acceptors (Lipinski definition) is 5. The van der Waals surface area contributed by atoms with Crippen LogP contribution in [0.4, 0.5) is 5.69 Å². The topological polar surface area (TPSA) is 85.6 Å². The van der Waals surface area contributed by atoms with Gasteiger partial charge in [0.15, 0.2) is 0 Å². The highest BCUT2D eigenvalue weighted by Gasteiger charge is 2.09. The van der Waals surface area contributed by atoms with Gasteiger partial charge in [-0.1, -0.05) is 30.3 Å². The molecule has 27 heavy (non-hydrogen) atoms. The van der Waals surface area contributed by atoms with Crippen LogP contribution >= 0.6 is 0 Å². The fraction of sp³-hybridized carbons (Fsp3) is 0.0500. The molecule has 0 fully saturated rings. The first-order valence-electron chi connectivity index (χ1n) is 8.39. The minimum atomic E-state index is -0.102. The van der Waals surface area contributed by atoms with E-state index in [9.17, 15) is 4.79 Å². The average Bonchev–Trinajstić information content (AvgIpc) is 3.19. The minimum absolute atomic E-state index is 0.102. The molecule has 0 radical (unpaired) electrons. The van der Waals surface area contributed by atoms with E-state index in [1.54, 1.807) is 6.20 Å². The van der Waals surface area contributed by atoms with Gasteiger partial charge in [0, 0.05) is 18.8 Å². The Labute approximate surface area is 155 Å². The molecule has 0 aliphatic rings. The van der Waals surface area contributed by atoms with E-state index in [0.717, 1.165) is 22.5 Å². The van der Waals surface area contributed by atoms with Crippen molar-refractivity contribution >= 4 is 11.6 Å². The SMILES string of the molecule is CC(=O)Nc1cccc(-c2cccc(-n3nnc(-c4ccccn4)n3)c2)c1. The highest BCUT2D eigenvalue weighted by atomic mass is 16.1. The molecule has 0 saturated heterocycles. The molecule has 0 unspecified atom stereocenters. The molecule has 7 nitrogen and oxygen atoms in total. The highest BCUT2D eigenvalue weighted by Crippen LogP contribution is 2.24. The minimum Gasteiger partial charge on any atom is -0.326 e. The van der Waals surface area contributed by atoms with Crippen LogP contribution in [0.15, 0.2) is 72.9 Å². The van der Waals surface area contributed by atoms with Gasteiger partial charge in [0.2, 0.25) is 11.7 Å². The van der Waals surface area contributed by atoms with Gasteiger partial charge in [-0.25, -0.2) is 0 Å². The molecule has 7 heteroatoms. The molecule has 4 aromatic rings. The Bertz CT molecular complexity index is 1090. The van der Waals surface area contributed by atoms with Crippen molar-refractivity contribution in [1.29, 1.82) is 0 Å². The molecule has 4 rings (SSSR count). The molecule has 0 saturated carbocycles. The summed E-state index contributed by atoms with van der Waals surface area (Å²) in [5, 5.41) is 15.4. The van der Waals surface area contributed by atoms with Gasteiger partial charge in [-0.3, -0.25) is 9.78 Å². The van der Waals surface area contributed by atoms with Crippen LogP contribution in [0.1, 0.15) is 6.92 Å². The van der Waals surface area contributed by atoms with Crippen molar-refractivity contribution in [1.82, 2.24) is 25.2 Å². The summed E-state index contributed by atoms with van der Waals surface area (Å²) < 4.78 is 0. The first-order valence-corrected chi connectivity index (χ1v) is 8.39. The van der Waals surface area contributed by atoms with Gasteiger partial charge >= 0.3 is 0 Å². The molecule has 132 valence electrons. The fourth-order valence-corrected chi connectivity index (χ4v) is 2.71. The second-order valence-corrected chi connectivity index (χ2v) is 5.93. The fourth-order valence-electron chi connectivity index (χ4n) is 2.71. The molecule has 2 aromatic heterocycles. The zero-order valence-electron chi connectivity index (χ0n) is 14.6. The predicted molar refractivity (Wildman–Crippen MR) is 102 cm³/mol. The molecule has 0 bridgehead atoms. The van der Waals surface area contributed by atoms with E-state index in [2.05, 4.69) is 25.7 Å². The van der Waals surface area contributed by atoms with Crippen molar-refractivity contribution in [2.45, 2.75) is 6.92 Å². The lowest BCUT2D eigenvalue weighted by atomic mass is 10.0. The number of carbonyl (C=O) groups excluding carboxylic acids is 1. The second-order valence-electron chi connectivity index (χ2n) is 5.93. The third kappa shape index (κ3) is 3.72. The quantitative estimate of drug-likeness (QED) is 0.606. The Morgan fingerprint density at radius 2 is 1.78 bits per heavy atom. The Hall–Kier alpha value is -3.87. The monoisotopic (exact) mass is 356 g/mol. The molecule has 0 aliphatic carbocycles. The normalized spacial score (nSPS) is 10.6. The van der Waals surface area contributed by atoms with E-state index in [4.69, 9.17) is 0 Å². The van der Waals surface area contributed by atoms with Crippen LogP contribution in [0.3, 0.4) is 0 Å². The lowest BCUT2D eigenvalue weighted by molar-refractivity contribution is -0.114. The molecular formula is C20H16N6O. The third-order valence-electron chi connectivity index (χ3n) is 3.90. The Morgan fingerprint density at radius 1 is 0.963 bits per heavy atom. The van der Waals surface area contributed by atoms with Crippen LogP contribution in [0.5, 0.6) is 0 Å². The number of rotatable bonds is 4. The highest BCUT2D eigenvalue weighted by molar-refractivity contribution is 5.89. The summed E-state index contributed by atoms with van der Waals surface area (Å²) in [6.07, 6.45) is 1.69. The lowest BCUT2D eigenvalue weighted by Gasteiger charge is -2.07. The van der Waals surface area contributed by atoms with Crippen molar-refractivity contribution in [2.24, 2.45) is 0 Å². The number of carbonyl (C=O) groups is 1. The predicted octanol–water partition coefficient (Wildman–Crippen LogP) is 3.35. The van der Waals surface area contributed by atoms with Gasteiger partial charge in [0.05, 0.1) is 5.69 Å². The molecule has 1 N–H and O–H groups in total. The Morgan fingerprint density at radius 3 is 2.56 bits per heavy atom. The van der Waals surface area contributed by atoms with E-state index in [1.165, 1.54) is 11.7 Å². The molecule has 2 aromatic carbocycles. The number of benzene rings is 2. The molecular weight excluding hydrogens is 340 g/mol. The van der Waals surface area contributed by atoms with E-state index < -0.39 is 0 Å². The number of nitrogens with one attached hydrogen (secondary N) is 1. The van der Waals surface area contributed by atoms with Gasteiger partial charge in [0.25, 0.3) is 0 Å². The van der Waals surface area contributed by atoms with Crippen LogP contribution in [-0.4, -0.2) is 31.1 Å². The van der Waals surface area contributed by atoms with Gasteiger partial charge < -0.3 is 5.32 Å². The van der Waals surface area contributed by atoms with E-state index in [1.807, 2.05) is 66.7 Å². The molecule has 0 spiro atoms. The largest absolute Gasteiger partial charge is 0.326 e. The summed E-state index contributed by atoms with van der Waals surface area (Å²) in [6.45, 7) is 1.49. The lowest BCUT2D eigenvalue weighted by Crippen LogP contribution is -2.05. The summed E-state index contributed by atoms with van der Waals surface area (Å²) in [7, 11) is 0. The van der Waals surface area contributed by atoms with Gasteiger partial charge in [-0.15, -0.1) is 15.0 Å². The zero-order valence-corrected chi connectivity index (χ0v) is 14.6. The van der Waals surface area contributed by atoms with Crippen molar-refractivity contribution in [3.8, 4) is 28.3 Å². The number of tetrazole rings is 1. The number of nitrogens with zero attached hydrogens (tertiary/aromatic N) is 5. The summed E-state index contributed by atoms with van der Waals surface area (Å²) in [5.41, 5.74) is 4.17. The second kappa shape index (κ2) is 7.17. The first kappa shape index (κ1) is 16.6. The Balaban J connectivity index is 1.66. The third-order valence-corrected chi connectivity index (χ3v) is 3.90. The van der Waals surface area contributed by atoms with Crippen molar-refractivity contribution in [2.75, 3.05) is 5.32 Å². The maximum atomic E-state index is 11.3. The summed E-state index contributed by atoms with van der Waals surface area (Å²) in [6, 6.07) is 21.0. The van der Waals surface area contributed by atoms with Gasteiger partial charge in [-0.05, 0) is 52.7 Å². The smallest absolute Gasteiger partial charge is 0.223 e.